The lowest BCUT2D eigenvalue weighted by atomic mass is 9.77. The zero-order chi connectivity index (χ0) is 22.3. The minimum Gasteiger partial charge on any atom is -0.323 e. The molecule has 2 fully saturated rings. The largest absolute Gasteiger partial charge is 0.325 e. The third-order valence-electron chi connectivity index (χ3n) is 6.00. The number of rotatable bonds is 5. The van der Waals surface area contributed by atoms with Crippen LogP contribution in [0.3, 0.4) is 0 Å². The molecule has 30 heavy (non-hydrogen) atoms. The van der Waals surface area contributed by atoms with Crippen molar-refractivity contribution in [2.24, 2.45) is 5.92 Å². The van der Waals surface area contributed by atoms with Gasteiger partial charge in [0.05, 0.1) is 4.90 Å². The van der Waals surface area contributed by atoms with E-state index in [1.807, 2.05) is 13.8 Å². The molecule has 1 saturated heterocycles. The lowest BCUT2D eigenvalue weighted by molar-refractivity contribution is -0.135. The molecule has 8 nitrogen and oxygen atoms in total. The van der Waals surface area contributed by atoms with Gasteiger partial charge >= 0.3 is 6.03 Å². The Morgan fingerprint density at radius 2 is 1.77 bits per heavy atom. The molecule has 1 aromatic carbocycles. The molecular weight excluding hydrogens is 406 g/mol. The highest BCUT2D eigenvalue weighted by Gasteiger charge is 2.52. The van der Waals surface area contributed by atoms with Gasteiger partial charge in [-0.25, -0.2) is 13.2 Å². The SMILES string of the molecule is CC1CCC2(CC1)NC(=O)N(CC(=O)N(c1ccc(S(C)(=O)=O)cc1)C(C)C)C2=O. The molecule has 164 valence electrons. The van der Waals surface area contributed by atoms with E-state index in [-0.39, 0.29) is 23.4 Å². The monoisotopic (exact) mass is 435 g/mol. The van der Waals surface area contributed by atoms with Crippen LogP contribution in [-0.2, 0) is 19.4 Å². The van der Waals surface area contributed by atoms with Crippen LogP contribution in [0.2, 0.25) is 0 Å². The summed E-state index contributed by atoms with van der Waals surface area (Å²) in [5.41, 5.74) is -0.375. The summed E-state index contributed by atoms with van der Waals surface area (Å²) in [6.45, 7) is 5.41. The Balaban J connectivity index is 1.79. The Morgan fingerprint density at radius 3 is 2.27 bits per heavy atom. The Bertz CT molecular complexity index is 947. The molecule has 1 aliphatic carbocycles. The van der Waals surface area contributed by atoms with Crippen LogP contribution in [0.4, 0.5) is 10.5 Å². The van der Waals surface area contributed by atoms with Crippen molar-refractivity contribution in [1.29, 1.82) is 0 Å². The van der Waals surface area contributed by atoms with Gasteiger partial charge in [-0.3, -0.25) is 14.5 Å². The number of urea groups is 1. The molecule has 2 aliphatic rings. The topological polar surface area (TPSA) is 104 Å². The van der Waals surface area contributed by atoms with Crippen molar-refractivity contribution in [1.82, 2.24) is 10.2 Å². The maximum atomic E-state index is 13.1. The van der Waals surface area contributed by atoms with Crippen LogP contribution in [0.5, 0.6) is 0 Å². The maximum Gasteiger partial charge on any atom is 0.325 e. The summed E-state index contributed by atoms with van der Waals surface area (Å²) in [5, 5.41) is 2.83. The van der Waals surface area contributed by atoms with Crippen molar-refractivity contribution >= 4 is 33.4 Å². The van der Waals surface area contributed by atoms with Gasteiger partial charge in [0.25, 0.3) is 5.91 Å². The Hall–Kier alpha value is -2.42. The standard InChI is InChI=1S/C21H29N3O5S/c1-14(2)24(16-5-7-17(8-6-16)30(4,28)29)18(25)13-23-19(26)21(22-20(23)27)11-9-15(3)10-12-21/h5-8,14-15H,9-13H2,1-4H3,(H,22,27). The number of hydrogen-bond acceptors (Lipinski definition) is 5. The van der Waals surface area contributed by atoms with E-state index in [0.717, 1.165) is 24.0 Å². The molecule has 1 heterocycles. The predicted octanol–water partition coefficient (Wildman–Crippen LogP) is 2.33. The number of imide groups is 1. The molecule has 1 saturated carbocycles. The normalized spacial score (nSPS) is 24.4. The summed E-state index contributed by atoms with van der Waals surface area (Å²) in [6, 6.07) is 5.23. The summed E-state index contributed by atoms with van der Waals surface area (Å²) in [6.07, 6.45) is 4.01. The van der Waals surface area contributed by atoms with E-state index in [1.54, 1.807) is 12.1 Å². The first-order valence-electron chi connectivity index (χ1n) is 10.2. The molecule has 0 aromatic heterocycles. The van der Waals surface area contributed by atoms with Crippen LogP contribution in [0, 0.1) is 5.92 Å². The molecule has 1 N–H and O–H groups in total. The molecule has 1 aliphatic heterocycles. The highest BCUT2D eigenvalue weighted by atomic mass is 32.2. The molecule has 3 rings (SSSR count). The van der Waals surface area contributed by atoms with Crippen LogP contribution in [0.1, 0.15) is 46.5 Å². The second-order valence-corrected chi connectivity index (χ2v) is 10.7. The van der Waals surface area contributed by atoms with E-state index in [4.69, 9.17) is 0 Å². The van der Waals surface area contributed by atoms with Gasteiger partial charge in [0.1, 0.15) is 12.1 Å². The number of hydrogen-bond donors (Lipinski definition) is 1. The lowest BCUT2D eigenvalue weighted by Gasteiger charge is -2.33. The van der Waals surface area contributed by atoms with Gasteiger partial charge in [-0.2, -0.15) is 0 Å². The average Bonchev–Trinajstić information content (AvgIpc) is 2.88. The first-order chi connectivity index (χ1) is 13.9. The summed E-state index contributed by atoms with van der Waals surface area (Å²) in [7, 11) is -3.35. The van der Waals surface area contributed by atoms with Crippen molar-refractivity contribution in [3.05, 3.63) is 24.3 Å². The molecule has 0 radical (unpaired) electrons. The number of sulfone groups is 1. The Kier molecular flexibility index (Phi) is 5.95. The molecule has 1 spiro atoms. The van der Waals surface area contributed by atoms with Crippen molar-refractivity contribution < 1.29 is 22.8 Å². The van der Waals surface area contributed by atoms with E-state index in [0.29, 0.717) is 24.4 Å². The van der Waals surface area contributed by atoms with E-state index in [1.165, 1.54) is 17.0 Å². The zero-order valence-electron chi connectivity index (χ0n) is 17.8. The van der Waals surface area contributed by atoms with E-state index in [9.17, 15) is 22.8 Å². The predicted molar refractivity (Wildman–Crippen MR) is 113 cm³/mol. The zero-order valence-corrected chi connectivity index (χ0v) is 18.7. The third-order valence-corrected chi connectivity index (χ3v) is 7.12. The van der Waals surface area contributed by atoms with E-state index >= 15 is 0 Å². The van der Waals surface area contributed by atoms with Gasteiger partial charge in [0, 0.05) is 18.0 Å². The Labute approximate surface area is 177 Å². The van der Waals surface area contributed by atoms with Crippen molar-refractivity contribution in [3.63, 3.8) is 0 Å². The van der Waals surface area contributed by atoms with Crippen molar-refractivity contribution in [2.45, 2.75) is 62.9 Å². The number of amides is 4. The second-order valence-electron chi connectivity index (χ2n) is 8.71. The number of nitrogens with one attached hydrogen (secondary N) is 1. The molecule has 4 amide bonds. The van der Waals surface area contributed by atoms with Gasteiger partial charge in [0.2, 0.25) is 5.91 Å². The molecule has 0 atom stereocenters. The maximum absolute atomic E-state index is 13.1. The number of nitrogens with zero attached hydrogens (tertiary/aromatic N) is 2. The average molecular weight is 436 g/mol. The fraction of sp³-hybridized carbons (Fsp3) is 0.571. The number of carbonyl (C=O) groups excluding carboxylic acids is 3. The van der Waals surface area contributed by atoms with Crippen LogP contribution in [-0.4, -0.2) is 55.5 Å². The molecule has 0 bridgehead atoms. The lowest BCUT2D eigenvalue weighted by Crippen LogP contribution is -2.50. The van der Waals surface area contributed by atoms with E-state index < -0.39 is 27.3 Å². The highest BCUT2D eigenvalue weighted by Crippen LogP contribution is 2.36. The van der Waals surface area contributed by atoms with Gasteiger partial charge in [-0.15, -0.1) is 0 Å². The number of anilines is 1. The van der Waals surface area contributed by atoms with Crippen LogP contribution < -0.4 is 10.2 Å². The molecule has 0 unspecified atom stereocenters. The molecule has 1 aromatic rings. The minimum absolute atomic E-state index is 0.157. The van der Waals surface area contributed by atoms with Crippen molar-refractivity contribution in [3.8, 4) is 0 Å². The van der Waals surface area contributed by atoms with Gasteiger partial charge in [0.15, 0.2) is 9.84 Å². The quantitative estimate of drug-likeness (QED) is 0.715. The highest BCUT2D eigenvalue weighted by molar-refractivity contribution is 7.90. The van der Waals surface area contributed by atoms with Crippen molar-refractivity contribution in [2.75, 3.05) is 17.7 Å². The fourth-order valence-electron chi connectivity index (χ4n) is 4.21. The van der Waals surface area contributed by atoms with Crippen LogP contribution in [0.15, 0.2) is 29.2 Å². The first-order valence-corrected chi connectivity index (χ1v) is 12.1. The Morgan fingerprint density at radius 1 is 1.20 bits per heavy atom. The molecular formula is C21H29N3O5S. The summed E-state index contributed by atoms with van der Waals surface area (Å²) < 4.78 is 23.4. The smallest absolute Gasteiger partial charge is 0.323 e. The first kappa shape index (κ1) is 22.3. The van der Waals surface area contributed by atoms with E-state index in [2.05, 4.69) is 12.2 Å². The minimum atomic E-state index is -3.35. The second kappa shape index (κ2) is 8.02. The fourth-order valence-corrected chi connectivity index (χ4v) is 4.84. The number of carbonyl (C=O) groups is 3. The van der Waals surface area contributed by atoms with Gasteiger partial charge in [-0.05, 0) is 69.7 Å². The summed E-state index contributed by atoms with van der Waals surface area (Å²) in [5.74, 6) is -0.215. The summed E-state index contributed by atoms with van der Waals surface area (Å²) in [4.78, 5) is 41.3. The molecule has 9 heteroatoms. The third kappa shape index (κ3) is 4.21. The van der Waals surface area contributed by atoms with Crippen LogP contribution >= 0.6 is 0 Å². The van der Waals surface area contributed by atoms with Gasteiger partial charge < -0.3 is 10.2 Å². The summed E-state index contributed by atoms with van der Waals surface area (Å²) >= 11 is 0. The van der Waals surface area contributed by atoms with Crippen LogP contribution in [0.25, 0.3) is 0 Å². The van der Waals surface area contributed by atoms with Gasteiger partial charge in [-0.1, -0.05) is 6.92 Å². The number of benzene rings is 1.